The minimum atomic E-state index is -0.649. The number of anilines is 2. The molecule has 0 unspecified atom stereocenters. The van der Waals surface area contributed by atoms with Crippen molar-refractivity contribution in [2.45, 2.75) is 33.4 Å². The predicted octanol–water partition coefficient (Wildman–Crippen LogP) is 2.26. The molecule has 0 aliphatic heterocycles. The topological polar surface area (TPSA) is 111 Å². The number of ether oxygens (including phenoxy) is 1. The van der Waals surface area contributed by atoms with Crippen molar-refractivity contribution < 1.29 is 14.3 Å². The Morgan fingerprint density at radius 1 is 1.19 bits per heavy atom. The standard InChI is InChI=1S/C18H25N5O3.ClH/c1-18(2,3)16(19)17(25)22-13-9-20-23(10-13)11-15(24)21-12-5-7-14(26-4)8-6-12;/h5-10,16H,11,19H2,1-4H3,(H,21,24)(H,22,25);1H/t16-;/m1./s1. The highest BCUT2D eigenvalue weighted by Gasteiger charge is 2.27. The summed E-state index contributed by atoms with van der Waals surface area (Å²) in [6.07, 6.45) is 3.06. The number of carbonyl (C=O) groups excluding carboxylic acids is 2. The summed E-state index contributed by atoms with van der Waals surface area (Å²) in [6.45, 7) is 5.70. The van der Waals surface area contributed by atoms with Gasteiger partial charge >= 0.3 is 0 Å². The molecule has 2 rings (SSSR count). The Balaban J connectivity index is 0.00000364. The van der Waals surface area contributed by atoms with Gasteiger partial charge in [0.25, 0.3) is 0 Å². The van der Waals surface area contributed by atoms with Crippen LogP contribution in [0.2, 0.25) is 0 Å². The van der Waals surface area contributed by atoms with Gasteiger partial charge in [-0.2, -0.15) is 5.10 Å². The molecule has 9 heteroatoms. The van der Waals surface area contributed by atoms with E-state index in [1.165, 1.54) is 10.9 Å². The second kappa shape index (κ2) is 9.38. The highest BCUT2D eigenvalue weighted by Crippen LogP contribution is 2.19. The van der Waals surface area contributed by atoms with Gasteiger partial charge in [0.2, 0.25) is 11.8 Å². The van der Waals surface area contributed by atoms with E-state index in [9.17, 15) is 9.59 Å². The lowest BCUT2D eigenvalue weighted by atomic mass is 9.87. The van der Waals surface area contributed by atoms with Gasteiger partial charge in [0.1, 0.15) is 12.3 Å². The Bertz CT molecular complexity index is 768. The van der Waals surface area contributed by atoms with Crippen molar-refractivity contribution >= 4 is 35.6 Å². The molecule has 148 valence electrons. The number of carbonyl (C=O) groups is 2. The first-order chi connectivity index (χ1) is 12.2. The van der Waals surface area contributed by atoms with Gasteiger partial charge in [0, 0.05) is 11.9 Å². The molecule has 8 nitrogen and oxygen atoms in total. The van der Waals surface area contributed by atoms with Gasteiger partial charge in [-0.3, -0.25) is 14.3 Å². The summed E-state index contributed by atoms with van der Waals surface area (Å²) in [5.74, 6) is 0.186. The van der Waals surface area contributed by atoms with E-state index in [0.717, 1.165) is 0 Å². The largest absolute Gasteiger partial charge is 0.497 e. The van der Waals surface area contributed by atoms with Crippen LogP contribution in [-0.4, -0.2) is 34.7 Å². The van der Waals surface area contributed by atoms with Gasteiger partial charge in [0.15, 0.2) is 0 Å². The molecule has 0 aliphatic rings. The zero-order chi connectivity index (χ0) is 19.3. The molecule has 0 spiro atoms. The molecule has 1 atom stereocenters. The fourth-order valence-corrected chi connectivity index (χ4v) is 2.15. The maximum Gasteiger partial charge on any atom is 0.246 e. The molecule has 4 N–H and O–H groups in total. The van der Waals surface area contributed by atoms with Crippen LogP contribution in [0.4, 0.5) is 11.4 Å². The van der Waals surface area contributed by atoms with Gasteiger partial charge in [0.05, 0.1) is 25.0 Å². The van der Waals surface area contributed by atoms with Crippen LogP contribution in [0, 0.1) is 5.41 Å². The van der Waals surface area contributed by atoms with E-state index in [-0.39, 0.29) is 36.2 Å². The second-order valence-electron chi connectivity index (χ2n) is 7.04. The summed E-state index contributed by atoms with van der Waals surface area (Å²) in [7, 11) is 1.58. The molecule has 2 amide bonds. The zero-order valence-corrected chi connectivity index (χ0v) is 16.7. The lowest BCUT2D eigenvalue weighted by molar-refractivity contribution is -0.119. The van der Waals surface area contributed by atoms with E-state index in [0.29, 0.717) is 17.1 Å². The number of nitrogens with two attached hydrogens (primary N) is 1. The van der Waals surface area contributed by atoms with E-state index in [2.05, 4.69) is 15.7 Å². The van der Waals surface area contributed by atoms with E-state index in [1.54, 1.807) is 37.6 Å². The quantitative estimate of drug-likeness (QED) is 0.694. The number of methoxy groups -OCH3 is 1. The van der Waals surface area contributed by atoms with Crippen LogP contribution < -0.4 is 21.1 Å². The third-order valence-electron chi connectivity index (χ3n) is 3.80. The Morgan fingerprint density at radius 2 is 1.81 bits per heavy atom. The first kappa shape index (κ1) is 22.5. The van der Waals surface area contributed by atoms with Crippen LogP contribution in [0.5, 0.6) is 5.75 Å². The van der Waals surface area contributed by atoms with Gasteiger partial charge < -0.3 is 21.1 Å². The molecule has 1 heterocycles. The smallest absolute Gasteiger partial charge is 0.246 e. The summed E-state index contributed by atoms with van der Waals surface area (Å²) in [5, 5.41) is 9.56. The van der Waals surface area contributed by atoms with Crippen molar-refractivity contribution in [3.63, 3.8) is 0 Å². The van der Waals surface area contributed by atoms with Crippen molar-refractivity contribution in [1.82, 2.24) is 9.78 Å². The van der Waals surface area contributed by atoms with E-state index < -0.39 is 6.04 Å². The Morgan fingerprint density at radius 3 is 2.37 bits per heavy atom. The fraction of sp³-hybridized carbons (Fsp3) is 0.389. The van der Waals surface area contributed by atoms with Crippen LogP contribution in [0.1, 0.15) is 20.8 Å². The molecule has 0 bridgehead atoms. The minimum absolute atomic E-state index is 0. The van der Waals surface area contributed by atoms with E-state index in [1.807, 2.05) is 20.8 Å². The number of nitrogens with zero attached hydrogens (tertiary/aromatic N) is 2. The van der Waals surface area contributed by atoms with Crippen molar-refractivity contribution in [2.75, 3.05) is 17.7 Å². The monoisotopic (exact) mass is 395 g/mol. The average molecular weight is 396 g/mol. The number of nitrogens with one attached hydrogen (secondary N) is 2. The molecule has 0 fully saturated rings. The number of amides is 2. The molecular formula is C18H26ClN5O3. The summed E-state index contributed by atoms with van der Waals surface area (Å²) in [5.41, 5.74) is 6.73. The molecule has 2 aromatic rings. The van der Waals surface area contributed by atoms with Crippen molar-refractivity contribution in [1.29, 1.82) is 0 Å². The van der Waals surface area contributed by atoms with Gasteiger partial charge in [-0.1, -0.05) is 20.8 Å². The number of benzene rings is 1. The molecule has 0 aliphatic carbocycles. The Labute approximate surface area is 164 Å². The molecule has 1 aromatic carbocycles. The number of aromatic nitrogens is 2. The normalized spacial score (nSPS) is 11.9. The third kappa shape index (κ3) is 6.58. The number of rotatable bonds is 6. The fourth-order valence-electron chi connectivity index (χ4n) is 2.15. The van der Waals surface area contributed by atoms with Gasteiger partial charge in [-0.25, -0.2) is 0 Å². The van der Waals surface area contributed by atoms with Crippen molar-refractivity contribution in [3.05, 3.63) is 36.7 Å². The van der Waals surface area contributed by atoms with Crippen LogP contribution in [0.15, 0.2) is 36.7 Å². The molecular weight excluding hydrogens is 370 g/mol. The molecule has 0 radical (unpaired) electrons. The highest BCUT2D eigenvalue weighted by molar-refractivity contribution is 5.95. The predicted molar refractivity (Wildman–Crippen MR) is 107 cm³/mol. The van der Waals surface area contributed by atoms with Gasteiger partial charge in [-0.05, 0) is 29.7 Å². The lowest BCUT2D eigenvalue weighted by Gasteiger charge is -2.25. The number of halogens is 1. The van der Waals surface area contributed by atoms with Crippen LogP contribution >= 0.6 is 12.4 Å². The Hall–Kier alpha value is -2.58. The Kier molecular flexibility index (Phi) is 7.81. The first-order valence-electron chi connectivity index (χ1n) is 8.22. The number of hydrogen-bond donors (Lipinski definition) is 3. The summed E-state index contributed by atoms with van der Waals surface area (Å²) in [6, 6.07) is 6.37. The summed E-state index contributed by atoms with van der Waals surface area (Å²) in [4.78, 5) is 24.2. The van der Waals surface area contributed by atoms with Crippen LogP contribution in [0.25, 0.3) is 0 Å². The molecule has 27 heavy (non-hydrogen) atoms. The average Bonchev–Trinajstić information content (AvgIpc) is 3.00. The first-order valence-corrected chi connectivity index (χ1v) is 8.22. The van der Waals surface area contributed by atoms with E-state index >= 15 is 0 Å². The summed E-state index contributed by atoms with van der Waals surface area (Å²) < 4.78 is 6.51. The zero-order valence-electron chi connectivity index (χ0n) is 15.9. The maximum absolute atomic E-state index is 12.1. The van der Waals surface area contributed by atoms with E-state index in [4.69, 9.17) is 10.5 Å². The third-order valence-corrected chi connectivity index (χ3v) is 3.80. The lowest BCUT2D eigenvalue weighted by Crippen LogP contribution is -2.45. The van der Waals surface area contributed by atoms with Gasteiger partial charge in [-0.15, -0.1) is 12.4 Å². The van der Waals surface area contributed by atoms with Crippen LogP contribution in [-0.2, 0) is 16.1 Å². The minimum Gasteiger partial charge on any atom is -0.497 e. The maximum atomic E-state index is 12.1. The summed E-state index contributed by atoms with van der Waals surface area (Å²) >= 11 is 0. The van der Waals surface area contributed by atoms with Crippen LogP contribution in [0.3, 0.4) is 0 Å². The molecule has 0 saturated heterocycles. The van der Waals surface area contributed by atoms with Crippen molar-refractivity contribution in [3.8, 4) is 5.75 Å². The highest BCUT2D eigenvalue weighted by atomic mass is 35.5. The molecule has 1 aromatic heterocycles. The molecule has 0 saturated carbocycles. The SMILES string of the molecule is COc1ccc(NC(=O)Cn2cc(NC(=O)[C@@H](N)C(C)(C)C)cn2)cc1.Cl. The number of hydrogen-bond acceptors (Lipinski definition) is 5. The van der Waals surface area contributed by atoms with Crippen molar-refractivity contribution in [2.24, 2.45) is 11.1 Å². The second-order valence-corrected chi connectivity index (χ2v) is 7.04.